The quantitative estimate of drug-likeness (QED) is 0.583. The molecule has 22 heavy (non-hydrogen) atoms. The molecule has 1 aromatic heterocycles. The fourth-order valence-electron chi connectivity index (χ4n) is 2.34. The van der Waals surface area contributed by atoms with E-state index in [4.69, 9.17) is 11.6 Å². The first-order chi connectivity index (χ1) is 10.6. The van der Waals surface area contributed by atoms with Crippen LogP contribution in [-0.4, -0.2) is 16.7 Å². The number of halogens is 1. The zero-order valence-corrected chi connectivity index (χ0v) is 12.7. The zero-order valence-electron chi connectivity index (χ0n) is 12.0. The highest BCUT2D eigenvalue weighted by molar-refractivity contribution is 6.30. The molecule has 0 radical (unpaired) electrons. The van der Waals surface area contributed by atoms with Crippen LogP contribution in [0.1, 0.15) is 15.9 Å². The summed E-state index contributed by atoms with van der Waals surface area (Å²) in [5.41, 5.74) is 4.98. The first-order valence-corrected chi connectivity index (χ1v) is 7.16. The van der Waals surface area contributed by atoms with Gasteiger partial charge in [-0.15, -0.1) is 0 Å². The van der Waals surface area contributed by atoms with E-state index in [9.17, 15) is 4.79 Å². The van der Waals surface area contributed by atoms with Crippen molar-refractivity contribution in [1.29, 1.82) is 0 Å². The monoisotopic (exact) mass is 311 g/mol. The van der Waals surface area contributed by atoms with E-state index in [1.165, 1.54) is 0 Å². The van der Waals surface area contributed by atoms with Crippen LogP contribution in [-0.2, 0) is 7.05 Å². The van der Waals surface area contributed by atoms with E-state index in [1.54, 1.807) is 24.5 Å². The van der Waals surface area contributed by atoms with Gasteiger partial charge in [0.15, 0.2) is 0 Å². The van der Waals surface area contributed by atoms with Gasteiger partial charge < -0.3 is 4.57 Å². The molecular formula is C17H14ClN3O. The molecule has 1 N–H and O–H groups in total. The number of hydrogen-bond donors (Lipinski definition) is 1. The van der Waals surface area contributed by atoms with Crippen molar-refractivity contribution in [2.24, 2.45) is 12.1 Å². The highest BCUT2D eigenvalue weighted by Crippen LogP contribution is 2.20. The van der Waals surface area contributed by atoms with Gasteiger partial charge in [0.1, 0.15) is 0 Å². The number of fused-ring (bicyclic) bond motifs is 1. The largest absolute Gasteiger partial charge is 0.350 e. The van der Waals surface area contributed by atoms with Gasteiger partial charge in [-0.3, -0.25) is 4.79 Å². The first-order valence-electron chi connectivity index (χ1n) is 6.78. The normalized spacial score (nSPS) is 11.2. The third-order valence-corrected chi connectivity index (χ3v) is 3.61. The Hall–Kier alpha value is -2.59. The molecule has 0 saturated carbocycles. The van der Waals surface area contributed by atoms with Crippen molar-refractivity contribution in [3.8, 4) is 0 Å². The molecule has 0 bridgehead atoms. The van der Waals surface area contributed by atoms with Crippen LogP contribution < -0.4 is 5.43 Å². The molecular weight excluding hydrogens is 298 g/mol. The smallest absolute Gasteiger partial charge is 0.273 e. The molecule has 0 atom stereocenters. The number of carbonyl (C=O) groups excluding carboxylic acids is 1. The van der Waals surface area contributed by atoms with Crippen LogP contribution in [0.4, 0.5) is 0 Å². The van der Waals surface area contributed by atoms with Crippen molar-refractivity contribution >= 4 is 34.6 Å². The lowest BCUT2D eigenvalue weighted by Gasteiger charge is -1.98. The van der Waals surface area contributed by atoms with Crippen molar-refractivity contribution in [3.63, 3.8) is 0 Å². The maximum atomic E-state index is 12.3. The van der Waals surface area contributed by atoms with E-state index in [1.807, 2.05) is 48.0 Å². The lowest BCUT2D eigenvalue weighted by atomic mass is 10.2. The second kappa shape index (κ2) is 6.03. The summed E-state index contributed by atoms with van der Waals surface area (Å²) in [6, 6.07) is 15.0. The van der Waals surface area contributed by atoms with E-state index >= 15 is 0 Å². The number of hydrogen-bond acceptors (Lipinski definition) is 2. The number of aryl methyl sites for hydroxylation is 1. The van der Waals surface area contributed by atoms with Gasteiger partial charge in [-0.05, 0) is 23.8 Å². The number of aromatic nitrogens is 1. The minimum atomic E-state index is -0.241. The Kier molecular flexibility index (Phi) is 3.94. The summed E-state index contributed by atoms with van der Waals surface area (Å²) < 4.78 is 1.92. The summed E-state index contributed by atoms with van der Waals surface area (Å²) in [4.78, 5) is 12.3. The van der Waals surface area contributed by atoms with Crippen LogP contribution in [0.25, 0.3) is 10.9 Å². The molecule has 0 fully saturated rings. The molecule has 0 spiro atoms. The number of amides is 1. The summed E-state index contributed by atoms with van der Waals surface area (Å²) in [6.07, 6.45) is 3.36. The van der Waals surface area contributed by atoms with Crippen molar-refractivity contribution in [2.75, 3.05) is 0 Å². The number of hydrazone groups is 1. The molecule has 0 aliphatic heterocycles. The average Bonchev–Trinajstić information content (AvgIpc) is 2.85. The minimum Gasteiger partial charge on any atom is -0.350 e. The van der Waals surface area contributed by atoms with Crippen LogP contribution >= 0.6 is 11.6 Å². The third-order valence-electron chi connectivity index (χ3n) is 3.37. The Balaban J connectivity index is 1.79. The number of benzene rings is 2. The standard InChI is InChI=1S/C17H14ClN3O/c1-21-11-15(14-7-2-3-8-16(14)21)17(22)20-19-10-12-5-4-6-13(18)9-12/h2-11H,1H3,(H,20,22)/b19-10-. The maximum absolute atomic E-state index is 12.3. The molecule has 3 rings (SSSR count). The minimum absolute atomic E-state index is 0.241. The van der Waals surface area contributed by atoms with Crippen molar-refractivity contribution in [2.45, 2.75) is 0 Å². The predicted octanol–water partition coefficient (Wildman–Crippen LogP) is 3.60. The van der Waals surface area contributed by atoms with Gasteiger partial charge in [0.25, 0.3) is 5.91 Å². The topological polar surface area (TPSA) is 46.4 Å². The molecule has 0 unspecified atom stereocenters. The number of rotatable bonds is 3. The van der Waals surface area contributed by atoms with Gasteiger partial charge in [0, 0.05) is 29.2 Å². The lowest BCUT2D eigenvalue weighted by Crippen LogP contribution is -2.17. The van der Waals surface area contributed by atoms with Crippen LogP contribution in [0, 0.1) is 0 Å². The summed E-state index contributed by atoms with van der Waals surface area (Å²) >= 11 is 5.90. The first kappa shape index (κ1) is 14.4. The second-order valence-corrected chi connectivity index (χ2v) is 5.36. The lowest BCUT2D eigenvalue weighted by molar-refractivity contribution is 0.0956. The fraction of sp³-hybridized carbons (Fsp3) is 0.0588. The van der Waals surface area contributed by atoms with Crippen molar-refractivity contribution in [3.05, 3.63) is 70.9 Å². The Bertz CT molecular complexity index is 867. The van der Waals surface area contributed by atoms with Gasteiger partial charge in [-0.25, -0.2) is 5.43 Å². The number of nitrogens with zero attached hydrogens (tertiary/aromatic N) is 2. The highest BCUT2D eigenvalue weighted by atomic mass is 35.5. The van der Waals surface area contributed by atoms with E-state index < -0.39 is 0 Å². The Labute approximate surface area is 133 Å². The van der Waals surface area contributed by atoms with Crippen molar-refractivity contribution in [1.82, 2.24) is 9.99 Å². The van der Waals surface area contributed by atoms with E-state index in [0.717, 1.165) is 16.5 Å². The van der Waals surface area contributed by atoms with Gasteiger partial charge in [-0.1, -0.05) is 41.9 Å². The van der Waals surface area contributed by atoms with Gasteiger partial charge in [0.05, 0.1) is 11.8 Å². The number of nitrogens with one attached hydrogen (secondary N) is 1. The molecule has 1 heterocycles. The van der Waals surface area contributed by atoms with Crippen LogP contribution in [0.3, 0.4) is 0 Å². The van der Waals surface area contributed by atoms with E-state index in [0.29, 0.717) is 10.6 Å². The molecule has 0 aliphatic rings. The SMILES string of the molecule is Cn1cc(C(=O)N/N=C\c2cccc(Cl)c2)c2ccccc21. The van der Waals surface area contributed by atoms with Crippen LogP contribution in [0.15, 0.2) is 59.8 Å². The summed E-state index contributed by atoms with van der Waals surface area (Å²) in [7, 11) is 1.91. The molecule has 0 saturated heterocycles. The summed E-state index contributed by atoms with van der Waals surface area (Å²) in [5, 5.41) is 5.51. The summed E-state index contributed by atoms with van der Waals surface area (Å²) in [6.45, 7) is 0. The Morgan fingerprint density at radius 2 is 2.05 bits per heavy atom. The molecule has 3 aromatic rings. The van der Waals surface area contributed by atoms with Gasteiger partial charge in [0.2, 0.25) is 0 Å². The van der Waals surface area contributed by atoms with Gasteiger partial charge in [-0.2, -0.15) is 5.10 Å². The summed E-state index contributed by atoms with van der Waals surface area (Å²) in [5.74, 6) is -0.241. The van der Waals surface area contributed by atoms with E-state index in [2.05, 4.69) is 10.5 Å². The molecule has 5 heteroatoms. The molecule has 0 aliphatic carbocycles. The van der Waals surface area contributed by atoms with Crippen molar-refractivity contribution < 1.29 is 4.79 Å². The molecule has 110 valence electrons. The molecule has 1 amide bonds. The number of carbonyl (C=O) groups is 1. The van der Waals surface area contributed by atoms with Gasteiger partial charge >= 0.3 is 0 Å². The predicted molar refractivity (Wildman–Crippen MR) is 89.4 cm³/mol. The third kappa shape index (κ3) is 2.87. The highest BCUT2D eigenvalue weighted by Gasteiger charge is 2.12. The number of para-hydroxylation sites is 1. The molecule has 4 nitrogen and oxygen atoms in total. The Morgan fingerprint density at radius 3 is 2.86 bits per heavy atom. The Morgan fingerprint density at radius 1 is 1.23 bits per heavy atom. The van der Waals surface area contributed by atoms with E-state index in [-0.39, 0.29) is 5.91 Å². The fourth-order valence-corrected chi connectivity index (χ4v) is 2.53. The maximum Gasteiger partial charge on any atom is 0.273 e. The second-order valence-electron chi connectivity index (χ2n) is 4.92. The average molecular weight is 312 g/mol. The van der Waals surface area contributed by atoms with Crippen LogP contribution in [0.2, 0.25) is 5.02 Å². The zero-order chi connectivity index (χ0) is 15.5. The molecule has 2 aromatic carbocycles. The van der Waals surface area contributed by atoms with Crippen LogP contribution in [0.5, 0.6) is 0 Å².